The van der Waals surface area contributed by atoms with Crippen molar-refractivity contribution in [2.45, 2.75) is 52.0 Å². The lowest BCUT2D eigenvalue weighted by atomic mass is 10.1. The van der Waals surface area contributed by atoms with E-state index in [9.17, 15) is 4.79 Å². The van der Waals surface area contributed by atoms with E-state index >= 15 is 0 Å². The molecule has 0 unspecified atom stereocenters. The first-order valence-corrected chi connectivity index (χ1v) is 7.28. The van der Waals surface area contributed by atoms with Gasteiger partial charge in [0.2, 0.25) is 0 Å². The summed E-state index contributed by atoms with van der Waals surface area (Å²) in [6.07, 6.45) is 10.7. The number of aromatic nitrogens is 2. The smallest absolute Gasteiger partial charge is 0.271 e. The largest absolute Gasteiger partial charge is 0.351 e. The molecule has 1 rings (SSSR count). The molecular weight excluding hydrogens is 240 g/mol. The molecule has 1 aromatic heterocycles. The minimum Gasteiger partial charge on any atom is -0.351 e. The lowest BCUT2D eigenvalue weighted by molar-refractivity contribution is 0.0948. The second kappa shape index (κ2) is 9.55. The summed E-state index contributed by atoms with van der Waals surface area (Å²) >= 11 is 0. The van der Waals surface area contributed by atoms with E-state index in [2.05, 4.69) is 17.2 Å². The first-order valence-electron chi connectivity index (χ1n) is 7.28. The van der Waals surface area contributed by atoms with E-state index in [-0.39, 0.29) is 5.91 Å². The number of nitrogens with two attached hydrogens (primary N) is 1. The molecule has 19 heavy (non-hydrogen) atoms. The summed E-state index contributed by atoms with van der Waals surface area (Å²) in [4.78, 5) is 15.8. The van der Waals surface area contributed by atoms with E-state index in [0.717, 1.165) is 13.0 Å². The monoisotopic (exact) mass is 266 g/mol. The van der Waals surface area contributed by atoms with Gasteiger partial charge < -0.3 is 15.6 Å². The number of rotatable bonds is 10. The van der Waals surface area contributed by atoms with E-state index in [4.69, 9.17) is 5.73 Å². The molecule has 0 fully saturated rings. The molecule has 0 bridgehead atoms. The molecule has 1 amide bonds. The van der Waals surface area contributed by atoms with Crippen LogP contribution >= 0.6 is 0 Å². The van der Waals surface area contributed by atoms with Crippen molar-refractivity contribution in [2.75, 3.05) is 13.1 Å². The minimum absolute atomic E-state index is 0.0932. The molecule has 5 heteroatoms. The molecule has 108 valence electrons. The fraction of sp³-hybridized carbons (Fsp3) is 0.714. The molecule has 0 saturated heterocycles. The number of imidazole rings is 1. The minimum atomic E-state index is -0.0932. The summed E-state index contributed by atoms with van der Waals surface area (Å²) in [7, 11) is 0. The molecule has 0 aliphatic rings. The molecule has 0 saturated carbocycles. The van der Waals surface area contributed by atoms with Crippen LogP contribution in [0.15, 0.2) is 12.5 Å². The van der Waals surface area contributed by atoms with E-state index in [1.54, 1.807) is 12.5 Å². The van der Waals surface area contributed by atoms with Gasteiger partial charge in [-0.2, -0.15) is 0 Å². The van der Waals surface area contributed by atoms with Crippen LogP contribution in [-0.2, 0) is 6.54 Å². The summed E-state index contributed by atoms with van der Waals surface area (Å²) in [5.41, 5.74) is 5.92. The standard InChI is InChI=1S/C14H26N4O/c1-2-3-4-5-6-7-9-16-14(19)13-11-18(10-8-15)12-17-13/h11-12H,2-10,15H2,1H3,(H,16,19). The van der Waals surface area contributed by atoms with Gasteiger partial charge in [-0.1, -0.05) is 39.0 Å². The highest BCUT2D eigenvalue weighted by Gasteiger charge is 2.07. The van der Waals surface area contributed by atoms with E-state index in [1.807, 2.05) is 4.57 Å². The third kappa shape index (κ3) is 6.38. The van der Waals surface area contributed by atoms with Gasteiger partial charge in [0.15, 0.2) is 0 Å². The summed E-state index contributed by atoms with van der Waals surface area (Å²) < 4.78 is 1.83. The van der Waals surface area contributed by atoms with Gasteiger partial charge in [-0.25, -0.2) is 4.98 Å². The van der Waals surface area contributed by atoms with Crippen LogP contribution in [0.2, 0.25) is 0 Å². The fourth-order valence-electron chi connectivity index (χ4n) is 1.95. The summed E-state index contributed by atoms with van der Waals surface area (Å²) in [6, 6.07) is 0. The molecular formula is C14H26N4O. The molecule has 0 aromatic carbocycles. The highest BCUT2D eigenvalue weighted by molar-refractivity contribution is 5.91. The van der Waals surface area contributed by atoms with Crippen LogP contribution in [-0.4, -0.2) is 28.5 Å². The van der Waals surface area contributed by atoms with Crippen LogP contribution in [0.3, 0.4) is 0 Å². The van der Waals surface area contributed by atoms with Gasteiger partial charge in [-0.3, -0.25) is 4.79 Å². The predicted octanol–water partition coefficient (Wildman–Crippen LogP) is 1.93. The molecule has 5 nitrogen and oxygen atoms in total. The number of carbonyl (C=O) groups excluding carboxylic acids is 1. The van der Waals surface area contributed by atoms with E-state index in [0.29, 0.717) is 18.8 Å². The topological polar surface area (TPSA) is 72.9 Å². The Morgan fingerprint density at radius 2 is 2.05 bits per heavy atom. The Labute approximate surface area is 115 Å². The first-order chi connectivity index (χ1) is 9.27. The van der Waals surface area contributed by atoms with Crippen molar-refractivity contribution in [3.05, 3.63) is 18.2 Å². The van der Waals surface area contributed by atoms with Crippen molar-refractivity contribution in [3.63, 3.8) is 0 Å². The van der Waals surface area contributed by atoms with Gasteiger partial charge in [0.25, 0.3) is 5.91 Å². The summed E-state index contributed by atoms with van der Waals surface area (Å²) in [5, 5.41) is 2.90. The van der Waals surface area contributed by atoms with Crippen molar-refractivity contribution in [1.29, 1.82) is 0 Å². The molecule has 3 N–H and O–H groups in total. The molecule has 1 aromatic rings. The molecule has 0 aliphatic heterocycles. The van der Waals surface area contributed by atoms with Crippen LogP contribution in [0, 0.1) is 0 Å². The number of unbranched alkanes of at least 4 members (excludes halogenated alkanes) is 5. The highest BCUT2D eigenvalue weighted by Crippen LogP contribution is 2.04. The van der Waals surface area contributed by atoms with Gasteiger partial charge >= 0.3 is 0 Å². The number of nitrogens with one attached hydrogen (secondary N) is 1. The van der Waals surface area contributed by atoms with Crippen LogP contribution < -0.4 is 11.1 Å². The molecule has 1 heterocycles. The van der Waals surface area contributed by atoms with Crippen molar-refractivity contribution in [2.24, 2.45) is 5.73 Å². The van der Waals surface area contributed by atoms with Crippen LogP contribution in [0.4, 0.5) is 0 Å². The van der Waals surface area contributed by atoms with Crippen molar-refractivity contribution in [3.8, 4) is 0 Å². The average Bonchev–Trinajstić information content (AvgIpc) is 2.87. The Kier molecular flexibility index (Phi) is 7.89. The maximum absolute atomic E-state index is 11.8. The van der Waals surface area contributed by atoms with Crippen molar-refractivity contribution >= 4 is 5.91 Å². The Balaban J connectivity index is 2.13. The zero-order valence-corrected chi connectivity index (χ0v) is 11.9. The van der Waals surface area contributed by atoms with Crippen molar-refractivity contribution < 1.29 is 4.79 Å². The average molecular weight is 266 g/mol. The Hall–Kier alpha value is -1.36. The van der Waals surface area contributed by atoms with Gasteiger partial charge in [-0.15, -0.1) is 0 Å². The molecule has 0 spiro atoms. The molecule has 0 radical (unpaired) electrons. The van der Waals surface area contributed by atoms with Gasteiger partial charge in [0.05, 0.1) is 6.33 Å². The fourth-order valence-corrected chi connectivity index (χ4v) is 1.95. The number of hydrogen-bond donors (Lipinski definition) is 2. The van der Waals surface area contributed by atoms with Gasteiger partial charge in [0, 0.05) is 25.8 Å². The number of amides is 1. The second-order valence-corrected chi connectivity index (χ2v) is 4.81. The number of carbonyl (C=O) groups is 1. The second-order valence-electron chi connectivity index (χ2n) is 4.81. The molecule has 0 aliphatic carbocycles. The van der Waals surface area contributed by atoms with E-state index < -0.39 is 0 Å². The highest BCUT2D eigenvalue weighted by atomic mass is 16.1. The summed E-state index contributed by atoms with van der Waals surface area (Å²) in [6.45, 7) is 4.19. The SMILES string of the molecule is CCCCCCCCNC(=O)c1cn(CCN)cn1. The normalized spacial score (nSPS) is 10.6. The summed E-state index contributed by atoms with van der Waals surface area (Å²) in [5.74, 6) is -0.0932. The third-order valence-corrected chi connectivity index (χ3v) is 3.07. The van der Waals surface area contributed by atoms with Gasteiger partial charge in [0.1, 0.15) is 5.69 Å². The van der Waals surface area contributed by atoms with Crippen LogP contribution in [0.1, 0.15) is 55.9 Å². The Morgan fingerprint density at radius 3 is 2.79 bits per heavy atom. The lowest BCUT2D eigenvalue weighted by Gasteiger charge is -2.03. The van der Waals surface area contributed by atoms with Crippen molar-refractivity contribution in [1.82, 2.24) is 14.9 Å². The zero-order valence-electron chi connectivity index (χ0n) is 11.9. The Bertz CT molecular complexity index is 362. The number of nitrogens with zero attached hydrogens (tertiary/aromatic N) is 2. The quantitative estimate of drug-likeness (QED) is 0.636. The van der Waals surface area contributed by atoms with Gasteiger partial charge in [-0.05, 0) is 6.42 Å². The predicted molar refractivity (Wildman–Crippen MR) is 77.0 cm³/mol. The first kappa shape index (κ1) is 15.7. The number of hydrogen-bond acceptors (Lipinski definition) is 3. The Morgan fingerprint density at radius 1 is 1.32 bits per heavy atom. The molecule has 0 atom stereocenters. The maximum atomic E-state index is 11.8. The van der Waals surface area contributed by atoms with Crippen LogP contribution in [0.25, 0.3) is 0 Å². The van der Waals surface area contributed by atoms with Crippen LogP contribution in [0.5, 0.6) is 0 Å². The lowest BCUT2D eigenvalue weighted by Crippen LogP contribution is -2.24. The maximum Gasteiger partial charge on any atom is 0.271 e. The third-order valence-electron chi connectivity index (χ3n) is 3.07. The zero-order chi connectivity index (χ0) is 13.9. The van der Waals surface area contributed by atoms with E-state index in [1.165, 1.54) is 32.1 Å².